The highest BCUT2D eigenvalue weighted by atomic mass is 16.6. The van der Waals surface area contributed by atoms with Crippen LogP contribution in [0.4, 0.5) is 4.79 Å². The smallest absolute Gasteiger partial charge is 0.416 e. The molecule has 2 aromatic carbocycles. The Morgan fingerprint density at radius 2 is 1.57 bits per heavy atom. The Kier molecular flexibility index (Phi) is 9.66. The summed E-state index contributed by atoms with van der Waals surface area (Å²) in [5, 5.41) is 0. The van der Waals surface area contributed by atoms with Crippen molar-refractivity contribution >= 4 is 12.1 Å². The molecular weight excluding hydrogens is 444 g/mol. The summed E-state index contributed by atoms with van der Waals surface area (Å²) in [5.74, 6) is 0.643. The maximum atomic E-state index is 12.8. The second kappa shape index (κ2) is 13.1. The number of amides is 1. The fraction of sp³-hybridized carbons (Fsp3) is 0.321. The second-order valence-electron chi connectivity index (χ2n) is 8.10. The van der Waals surface area contributed by atoms with Gasteiger partial charge in [-0.3, -0.25) is 14.7 Å². The molecule has 0 saturated heterocycles. The molecule has 7 nitrogen and oxygen atoms in total. The summed E-state index contributed by atoms with van der Waals surface area (Å²) >= 11 is 0. The van der Waals surface area contributed by atoms with Gasteiger partial charge in [0.15, 0.2) is 0 Å². The summed E-state index contributed by atoms with van der Waals surface area (Å²) in [7, 11) is 0. The minimum atomic E-state index is -0.621. The van der Waals surface area contributed by atoms with Gasteiger partial charge in [-0.2, -0.15) is 0 Å². The van der Waals surface area contributed by atoms with Gasteiger partial charge in [-0.25, -0.2) is 4.79 Å². The molecular formula is C28H32N2O5. The number of aryl methyl sites for hydroxylation is 2. The fourth-order valence-electron chi connectivity index (χ4n) is 3.32. The Labute approximate surface area is 206 Å². The van der Waals surface area contributed by atoms with E-state index in [0.717, 1.165) is 29.0 Å². The van der Waals surface area contributed by atoms with Crippen molar-refractivity contribution in [3.05, 3.63) is 89.2 Å². The average molecular weight is 477 g/mol. The van der Waals surface area contributed by atoms with Crippen LogP contribution in [-0.2, 0) is 28.9 Å². The maximum Gasteiger partial charge on any atom is 0.416 e. The number of esters is 1. The summed E-state index contributed by atoms with van der Waals surface area (Å²) in [6.07, 6.45) is 2.96. The molecule has 0 fully saturated rings. The molecule has 0 bridgehead atoms. The van der Waals surface area contributed by atoms with E-state index in [2.05, 4.69) is 18.0 Å². The predicted molar refractivity (Wildman–Crippen MR) is 134 cm³/mol. The van der Waals surface area contributed by atoms with E-state index >= 15 is 0 Å². The highest BCUT2D eigenvalue weighted by Crippen LogP contribution is 2.17. The van der Waals surface area contributed by atoms with Crippen molar-refractivity contribution in [1.82, 2.24) is 9.88 Å². The van der Waals surface area contributed by atoms with E-state index in [1.54, 1.807) is 19.1 Å². The van der Waals surface area contributed by atoms with Crippen molar-refractivity contribution in [1.29, 1.82) is 0 Å². The Hall–Kier alpha value is -3.87. The first-order chi connectivity index (χ1) is 17.0. The number of hydrogen-bond donors (Lipinski definition) is 0. The van der Waals surface area contributed by atoms with Crippen LogP contribution in [0.3, 0.4) is 0 Å². The summed E-state index contributed by atoms with van der Waals surface area (Å²) < 4.78 is 16.3. The molecule has 0 N–H and O–H groups in total. The zero-order valence-electron chi connectivity index (χ0n) is 20.5. The Balaban J connectivity index is 1.57. The monoisotopic (exact) mass is 476 g/mol. The first-order valence-electron chi connectivity index (χ1n) is 11.8. The van der Waals surface area contributed by atoms with Gasteiger partial charge in [0.05, 0.1) is 13.2 Å². The topological polar surface area (TPSA) is 78.0 Å². The lowest BCUT2D eigenvalue weighted by atomic mass is 10.2. The number of benzene rings is 2. The molecule has 184 valence electrons. The molecule has 1 heterocycles. The Morgan fingerprint density at radius 3 is 2.20 bits per heavy atom. The molecule has 0 radical (unpaired) electrons. The van der Waals surface area contributed by atoms with Crippen LogP contribution in [0.5, 0.6) is 11.5 Å². The van der Waals surface area contributed by atoms with E-state index in [0.29, 0.717) is 18.8 Å². The number of hydrogen-bond acceptors (Lipinski definition) is 6. The third-order valence-corrected chi connectivity index (χ3v) is 5.33. The quantitative estimate of drug-likeness (QED) is 0.357. The summed E-state index contributed by atoms with van der Waals surface area (Å²) in [4.78, 5) is 30.6. The summed E-state index contributed by atoms with van der Waals surface area (Å²) in [5.41, 5.74) is 4.09. The normalized spacial score (nSPS) is 10.5. The van der Waals surface area contributed by atoms with Crippen molar-refractivity contribution in [2.45, 2.75) is 40.2 Å². The van der Waals surface area contributed by atoms with E-state index < -0.39 is 12.1 Å². The Bertz CT molecular complexity index is 1080. The number of ether oxygens (including phenoxy) is 3. The van der Waals surface area contributed by atoms with Crippen LogP contribution in [-0.4, -0.2) is 41.7 Å². The van der Waals surface area contributed by atoms with Crippen LogP contribution >= 0.6 is 0 Å². The molecule has 0 aliphatic heterocycles. The van der Waals surface area contributed by atoms with Crippen molar-refractivity contribution in [2.75, 3.05) is 19.8 Å². The zero-order valence-corrected chi connectivity index (χ0v) is 20.5. The zero-order chi connectivity index (χ0) is 25.0. The summed E-state index contributed by atoms with van der Waals surface area (Å²) in [6.45, 7) is 6.51. The highest BCUT2D eigenvalue weighted by Gasteiger charge is 2.20. The first-order valence-corrected chi connectivity index (χ1v) is 11.8. The van der Waals surface area contributed by atoms with Crippen molar-refractivity contribution in [2.24, 2.45) is 0 Å². The molecule has 0 aliphatic carbocycles. The van der Waals surface area contributed by atoms with Crippen molar-refractivity contribution in [3.8, 4) is 11.5 Å². The van der Waals surface area contributed by atoms with Crippen LogP contribution in [0.2, 0.25) is 0 Å². The third kappa shape index (κ3) is 8.45. The molecule has 0 aliphatic rings. The van der Waals surface area contributed by atoms with E-state index in [4.69, 9.17) is 14.2 Å². The lowest BCUT2D eigenvalue weighted by Crippen LogP contribution is -2.38. The maximum absolute atomic E-state index is 12.8. The number of aromatic nitrogens is 1. The standard InChI is InChI=1S/C28H32N2O5/c1-4-22-8-11-24(29-18-22)16-17-34-25-14-9-23(10-15-25)19-30(20-27(31)33-5-2)28(32)35-26-12-6-21(3)7-13-26/h6-15,18H,4-5,16-17,19-20H2,1-3H3. The molecule has 1 aromatic heterocycles. The van der Waals surface area contributed by atoms with Crippen molar-refractivity contribution < 1.29 is 23.8 Å². The predicted octanol–water partition coefficient (Wildman–Crippen LogP) is 5.14. The van der Waals surface area contributed by atoms with Crippen LogP contribution < -0.4 is 9.47 Å². The van der Waals surface area contributed by atoms with Gasteiger partial charge in [0, 0.05) is 24.9 Å². The first kappa shape index (κ1) is 25.7. The molecule has 3 rings (SSSR count). The van der Waals surface area contributed by atoms with E-state index in [9.17, 15) is 9.59 Å². The lowest BCUT2D eigenvalue weighted by Gasteiger charge is -2.21. The minimum absolute atomic E-state index is 0.192. The third-order valence-electron chi connectivity index (χ3n) is 5.33. The Morgan fingerprint density at radius 1 is 0.886 bits per heavy atom. The van der Waals surface area contributed by atoms with Gasteiger partial charge in [0.25, 0.3) is 0 Å². The average Bonchev–Trinajstić information content (AvgIpc) is 2.86. The molecule has 0 spiro atoms. The van der Waals surface area contributed by atoms with Gasteiger partial charge in [-0.1, -0.05) is 42.8 Å². The van der Waals surface area contributed by atoms with Crippen LogP contribution in [0.15, 0.2) is 66.9 Å². The number of rotatable bonds is 11. The number of carbonyl (C=O) groups excluding carboxylic acids is 2. The minimum Gasteiger partial charge on any atom is -0.493 e. The number of carbonyl (C=O) groups is 2. The van der Waals surface area contributed by atoms with Gasteiger partial charge in [-0.05, 0) is 61.7 Å². The lowest BCUT2D eigenvalue weighted by molar-refractivity contribution is -0.144. The van der Waals surface area contributed by atoms with E-state index in [1.807, 2.05) is 55.6 Å². The fourth-order valence-corrected chi connectivity index (χ4v) is 3.32. The van der Waals surface area contributed by atoms with Gasteiger partial charge in [0.2, 0.25) is 0 Å². The van der Waals surface area contributed by atoms with Crippen molar-refractivity contribution in [3.63, 3.8) is 0 Å². The van der Waals surface area contributed by atoms with Crippen LogP contribution in [0.25, 0.3) is 0 Å². The van der Waals surface area contributed by atoms with E-state index in [1.165, 1.54) is 10.5 Å². The van der Waals surface area contributed by atoms with Gasteiger partial charge in [-0.15, -0.1) is 0 Å². The SMILES string of the molecule is CCOC(=O)CN(Cc1ccc(OCCc2ccc(CC)cn2)cc1)C(=O)Oc1ccc(C)cc1. The highest BCUT2D eigenvalue weighted by molar-refractivity contribution is 5.79. The molecule has 7 heteroatoms. The number of nitrogens with zero attached hydrogens (tertiary/aromatic N) is 2. The van der Waals surface area contributed by atoms with Crippen LogP contribution in [0, 0.1) is 6.92 Å². The second-order valence-corrected chi connectivity index (χ2v) is 8.10. The van der Waals surface area contributed by atoms with Gasteiger partial charge < -0.3 is 14.2 Å². The largest absolute Gasteiger partial charge is 0.493 e. The molecule has 0 unspecified atom stereocenters. The molecule has 0 saturated carbocycles. The molecule has 0 atom stereocenters. The number of pyridine rings is 1. The van der Waals surface area contributed by atoms with E-state index in [-0.39, 0.29) is 19.7 Å². The van der Waals surface area contributed by atoms with Gasteiger partial charge >= 0.3 is 12.1 Å². The molecule has 35 heavy (non-hydrogen) atoms. The van der Waals surface area contributed by atoms with Gasteiger partial charge in [0.1, 0.15) is 18.0 Å². The van der Waals surface area contributed by atoms with Crippen LogP contribution in [0.1, 0.15) is 36.2 Å². The summed E-state index contributed by atoms with van der Waals surface area (Å²) in [6, 6.07) is 18.7. The molecule has 1 amide bonds. The molecule has 3 aromatic rings.